The number of imidazole rings is 1. The van der Waals surface area contributed by atoms with Gasteiger partial charge in [0.05, 0.1) is 27.3 Å². The maximum absolute atomic E-state index is 12.4. The van der Waals surface area contributed by atoms with Gasteiger partial charge in [-0.2, -0.15) is 0 Å². The van der Waals surface area contributed by atoms with E-state index >= 15 is 0 Å². The number of para-hydroxylation sites is 1. The maximum atomic E-state index is 12.4. The molecule has 0 radical (unpaired) electrons. The zero-order valence-electron chi connectivity index (χ0n) is 16.1. The summed E-state index contributed by atoms with van der Waals surface area (Å²) in [6.45, 7) is 1.61. The molecule has 0 aliphatic rings. The highest BCUT2D eigenvalue weighted by molar-refractivity contribution is 6.33. The minimum Gasteiger partial charge on any atom is -0.452 e. The summed E-state index contributed by atoms with van der Waals surface area (Å²) in [6.07, 6.45) is 0. The van der Waals surface area contributed by atoms with Crippen LogP contribution in [-0.2, 0) is 9.53 Å². The first-order valence-electron chi connectivity index (χ1n) is 9.28. The largest absolute Gasteiger partial charge is 0.452 e. The Bertz CT molecular complexity index is 1230. The van der Waals surface area contributed by atoms with E-state index in [9.17, 15) is 9.59 Å². The number of aryl methyl sites for hydroxylation is 1. The number of amides is 1. The number of rotatable bonds is 5. The van der Waals surface area contributed by atoms with Gasteiger partial charge in [0.2, 0.25) is 0 Å². The van der Waals surface area contributed by atoms with Crippen molar-refractivity contribution in [2.75, 3.05) is 11.9 Å². The molecule has 2 N–H and O–H groups in total. The molecule has 1 aromatic heterocycles. The number of nitrogens with one attached hydrogen (secondary N) is 2. The van der Waals surface area contributed by atoms with Crippen LogP contribution in [0.15, 0.2) is 66.7 Å². The number of esters is 1. The molecule has 0 fully saturated rings. The molecule has 0 saturated carbocycles. The highest BCUT2D eigenvalue weighted by Crippen LogP contribution is 2.22. The van der Waals surface area contributed by atoms with Crippen LogP contribution in [0.1, 0.15) is 15.9 Å². The monoisotopic (exact) mass is 419 g/mol. The predicted octanol–water partition coefficient (Wildman–Crippen LogP) is 4.99. The fourth-order valence-corrected chi connectivity index (χ4v) is 3.13. The maximum Gasteiger partial charge on any atom is 0.338 e. The molecular weight excluding hydrogens is 402 g/mol. The number of hydrogen-bond donors (Lipinski definition) is 2. The molecule has 4 aromatic rings. The first-order valence-corrected chi connectivity index (χ1v) is 9.66. The van der Waals surface area contributed by atoms with E-state index in [0.717, 1.165) is 16.9 Å². The van der Waals surface area contributed by atoms with Crippen LogP contribution < -0.4 is 5.32 Å². The first-order chi connectivity index (χ1) is 14.5. The molecule has 0 bridgehead atoms. The van der Waals surface area contributed by atoms with Crippen LogP contribution in [-0.4, -0.2) is 28.5 Å². The van der Waals surface area contributed by atoms with E-state index in [1.807, 2.05) is 31.2 Å². The highest BCUT2D eigenvalue weighted by Gasteiger charge is 2.13. The summed E-state index contributed by atoms with van der Waals surface area (Å²) in [6, 6.07) is 19.9. The lowest BCUT2D eigenvalue weighted by atomic mass is 10.1. The predicted molar refractivity (Wildman–Crippen MR) is 117 cm³/mol. The van der Waals surface area contributed by atoms with Crippen LogP contribution in [0.3, 0.4) is 0 Å². The average molecular weight is 420 g/mol. The number of fused-ring (bicyclic) bond motifs is 1. The molecule has 6 nitrogen and oxygen atoms in total. The molecule has 3 aromatic carbocycles. The van der Waals surface area contributed by atoms with Gasteiger partial charge in [-0.05, 0) is 37.3 Å². The summed E-state index contributed by atoms with van der Waals surface area (Å²) in [7, 11) is 0. The topological polar surface area (TPSA) is 84.1 Å². The molecule has 150 valence electrons. The van der Waals surface area contributed by atoms with Gasteiger partial charge >= 0.3 is 5.97 Å². The van der Waals surface area contributed by atoms with E-state index in [1.165, 1.54) is 5.56 Å². The lowest BCUT2D eigenvalue weighted by molar-refractivity contribution is -0.119. The van der Waals surface area contributed by atoms with Crippen molar-refractivity contribution in [1.82, 2.24) is 9.97 Å². The Morgan fingerprint density at radius 3 is 2.60 bits per heavy atom. The van der Waals surface area contributed by atoms with Crippen molar-refractivity contribution in [2.24, 2.45) is 0 Å². The van der Waals surface area contributed by atoms with E-state index < -0.39 is 18.5 Å². The van der Waals surface area contributed by atoms with Gasteiger partial charge in [0.25, 0.3) is 5.91 Å². The summed E-state index contributed by atoms with van der Waals surface area (Å²) >= 11 is 6.00. The molecule has 1 amide bonds. The van der Waals surface area contributed by atoms with Gasteiger partial charge in [0, 0.05) is 5.56 Å². The molecule has 0 spiro atoms. The summed E-state index contributed by atoms with van der Waals surface area (Å²) in [4.78, 5) is 32.2. The zero-order valence-corrected chi connectivity index (χ0v) is 16.9. The number of ether oxygens (including phenoxy) is 1. The van der Waals surface area contributed by atoms with Gasteiger partial charge in [0.1, 0.15) is 5.82 Å². The van der Waals surface area contributed by atoms with E-state index in [-0.39, 0.29) is 0 Å². The van der Waals surface area contributed by atoms with Crippen LogP contribution in [0.5, 0.6) is 0 Å². The Morgan fingerprint density at radius 1 is 1.07 bits per heavy atom. The number of hydrogen-bond acceptors (Lipinski definition) is 4. The number of carbonyl (C=O) groups excluding carboxylic acids is 2. The number of halogens is 1. The molecule has 30 heavy (non-hydrogen) atoms. The quantitative estimate of drug-likeness (QED) is 0.446. The Kier molecular flexibility index (Phi) is 5.50. The molecule has 0 saturated heterocycles. The van der Waals surface area contributed by atoms with Crippen molar-refractivity contribution in [2.45, 2.75) is 6.92 Å². The summed E-state index contributed by atoms with van der Waals surface area (Å²) < 4.78 is 5.13. The molecule has 4 rings (SSSR count). The zero-order chi connectivity index (χ0) is 21.1. The van der Waals surface area contributed by atoms with E-state index in [0.29, 0.717) is 21.8 Å². The Labute approximate surface area is 177 Å². The van der Waals surface area contributed by atoms with Crippen LogP contribution in [0.2, 0.25) is 5.02 Å². The average Bonchev–Trinajstić information content (AvgIpc) is 3.17. The third-order valence-electron chi connectivity index (χ3n) is 4.52. The SMILES string of the molecule is Cc1ccc(-c2nc3ccc(C(=O)OCC(=O)Nc4ccccc4Cl)cc3[nH]2)cc1. The second-order valence-corrected chi connectivity index (χ2v) is 7.19. The lowest BCUT2D eigenvalue weighted by Crippen LogP contribution is -2.21. The molecule has 0 aliphatic heterocycles. The fourth-order valence-electron chi connectivity index (χ4n) is 2.95. The highest BCUT2D eigenvalue weighted by atomic mass is 35.5. The summed E-state index contributed by atoms with van der Waals surface area (Å²) in [5, 5.41) is 3.02. The van der Waals surface area contributed by atoms with Crippen LogP contribution in [0.4, 0.5) is 5.69 Å². The number of carbonyl (C=O) groups is 2. The molecule has 0 unspecified atom stereocenters. The Morgan fingerprint density at radius 2 is 1.83 bits per heavy atom. The standard InChI is InChI=1S/C23H18ClN3O3/c1-14-6-8-15(9-7-14)22-26-19-11-10-16(12-20(19)27-22)23(29)30-13-21(28)25-18-5-3-2-4-17(18)24/h2-12H,13H2,1H3,(H,25,28)(H,26,27). The van der Waals surface area contributed by atoms with Crippen molar-refractivity contribution < 1.29 is 14.3 Å². The second-order valence-electron chi connectivity index (χ2n) is 6.79. The van der Waals surface area contributed by atoms with Crippen LogP contribution >= 0.6 is 11.6 Å². The van der Waals surface area contributed by atoms with Crippen molar-refractivity contribution >= 4 is 40.2 Å². The van der Waals surface area contributed by atoms with Crippen molar-refractivity contribution in [3.05, 3.63) is 82.9 Å². The van der Waals surface area contributed by atoms with E-state index in [2.05, 4.69) is 15.3 Å². The second kappa shape index (κ2) is 8.39. The number of benzene rings is 3. The Balaban J connectivity index is 1.43. The van der Waals surface area contributed by atoms with Gasteiger partial charge in [-0.3, -0.25) is 4.79 Å². The molecule has 0 atom stereocenters. The summed E-state index contributed by atoms with van der Waals surface area (Å²) in [5.74, 6) is -0.354. The molecule has 1 heterocycles. The number of aromatic amines is 1. The fraction of sp³-hybridized carbons (Fsp3) is 0.0870. The van der Waals surface area contributed by atoms with Crippen molar-refractivity contribution in [1.29, 1.82) is 0 Å². The molecule has 0 aliphatic carbocycles. The number of H-pyrrole nitrogens is 1. The first kappa shape index (κ1) is 19.7. The smallest absolute Gasteiger partial charge is 0.338 e. The van der Waals surface area contributed by atoms with Gasteiger partial charge in [-0.1, -0.05) is 53.6 Å². The Hall–Kier alpha value is -3.64. The van der Waals surface area contributed by atoms with E-state index in [1.54, 1.807) is 42.5 Å². The third kappa shape index (κ3) is 4.34. The number of anilines is 1. The lowest BCUT2D eigenvalue weighted by Gasteiger charge is -2.08. The molecule has 7 heteroatoms. The van der Waals surface area contributed by atoms with Gasteiger partial charge < -0.3 is 15.0 Å². The minimum atomic E-state index is -0.599. The van der Waals surface area contributed by atoms with Crippen molar-refractivity contribution in [3.8, 4) is 11.4 Å². The van der Waals surface area contributed by atoms with Gasteiger partial charge in [-0.15, -0.1) is 0 Å². The van der Waals surface area contributed by atoms with Crippen LogP contribution in [0, 0.1) is 6.92 Å². The summed E-state index contributed by atoms with van der Waals surface area (Å²) in [5.41, 5.74) is 4.35. The van der Waals surface area contributed by atoms with E-state index in [4.69, 9.17) is 16.3 Å². The minimum absolute atomic E-state index is 0.326. The third-order valence-corrected chi connectivity index (χ3v) is 4.85. The normalized spacial score (nSPS) is 10.7. The van der Waals surface area contributed by atoms with Gasteiger partial charge in [-0.25, -0.2) is 9.78 Å². The number of nitrogens with zero attached hydrogens (tertiary/aromatic N) is 1. The number of aromatic nitrogens is 2. The molecular formula is C23H18ClN3O3. The van der Waals surface area contributed by atoms with Gasteiger partial charge in [0.15, 0.2) is 6.61 Å². The van der Waals surface area contributed by atoms with Crippen molar-refractivity contribution in [3.63, 3.8) is 0 Å². The van der Waals surface area contributed by atoms with Crippen LogP contribution in [0.25, 0.3) is 22.4 Å².